The Labute approximate surface area is 174 Å². The number of fused-ring (bicyclic) bond motifs is 1. The van der Waals surface area contributed by atoms with E-state index in [2.05, 4.69) is 11.0 Å². The molecule has 1 amide bonds. The second kappa shape index (κ2) is 8.47. The van der Waals surface area contributed by atoms with Crippen molar-refractivity contribution in [1.82, 2.24) is 9.88 Å². The number of para-hydroxylation sites is 1. The van der Waals surface area contributed by atoms with Crippen LogP contribution >= 0.6 is 11.3 Å². The van der Waals surface area contributed by atoms with Gasteiger partial charge in [0.05, 0.1) is 42.4 Å². The molecule has 4 rings (SSSR count). The van der Waals surface area contributed by atoms with Gasteiger partial charge in [0, 0.05) is 12.7 Å². The Morgan fingerprint density at radius 3 is 2.59 bits per heavy atom. The number of piperazine rings is 1. The molecule has 7 heteroatoms. The summed E-state index contributed by atoms with van der Waals surface area (Å²) in [6, 6.07) is 14.7. The number of hydrogen-bond acceptors (Lipinski definition) is 4. The number of hydrogen-bond donors (Lipinski definition) is 1. The molecule has 2 aromatic carbocycles. The van der Waals surface area contributed by atoms with Crippen LogP contribution in [0, 0.1) is 5.82 Å². The summed E-state index contributed by atoms with van der Waals surface area (Å²) < 4.78 is 14.3. The largest absolute Gasteiger partial charge is 0.360 e. The fourth-order valence-electron chi connectivity index (χ4n) is 3.70. The van der Waals surface area contributed by atoms with E-state index >= 15 is 0 Å². The minimum Gasteiger partial charge on any atom is -0.360 e. The summed E-state index contributed by atoms with van der Waals surface area (Å²) in [6.07, 6.45) is 0. The minimum atomic E-state index is -0.214. The van der Waals surface area contributed by atoms with Crippen LogP contribution in [0.3, 0.4) is 0 Å². The third-order valence-corrected chi connectivity index (χ3v) is 6.91. The number of benzene rings is 2. The van der Waals surface area contributed by atoms with Crippen molar-refractivity contribution >= 4 is 33.1 Å². The third kappa shape index (κ3) is 4.41. The Balaban J connectivity index is 1.32. The number of likely N-dealkylation sites (N-methyl/N-ethyl adjacent to an activating group) is 1. The molecule has 1 aliphatic heterocycles. The molecule has 0 radical (unpaired) electrons. The molecule has 1 atom stereocenters. The van der Waals surface area contributed by atoms with Gasteiger partial charge in [-0.1, -0.05) is 12.1 Å². The summed E-state index contributed by atoms with van der Waals surface area (Å²) in [6.45, 7) is 6.05. The van der Waals surface area contributed by atoms with Crippen LogP contribution in [0.15, 0.2) is 48.5 Å². The van der Waals surface area contributed by atoms with E-state index in [1.807, 2.05) is 49.2 Å². The van der Waals surface area contributed by atoms with Crippen molar-refractivity contribution in [1.29, 1.82) is 0 Å². The number of nitrogens with zero attached hydrogens (tertiary/aromatic N) is 3. The monoisotopic (exact) mass is 413 g/mol. The Morgan fingerprint density at radius 1 is 1.21 bits per heavy atom. The Kier molecular flexibility index (Phi) is 5.78. The summed E-state index contributed by atoms with van der Waals surface area (Å²) in [5, 5.41) is 0.971. The number of thiazole rings is 1. The maximum absolute atomic E-state index is 13.1. The molecule has 0 bridgehead atoms. The first-order valence-corrected chi connectivity index (χ1v) is 10.8. The lowest BCUT2D eigenvalue weighted by molar-refractivity contribution is -0.892. The van der Waals surface area contributed by atoms with Crippen LogP contribution in [-0.4, -0.2) is 55.6 Å². The lowest BCUT2D eigenvalue weighted by Gasteiger charge is -2.34. The number of nitrogens with one attached hydrogen (secondary N) is 1. The molecule has 1 fully saturated rings. The van der Waals surface area contributed by atoms with E-state index in [1.165, 1.54) is 17.0 Å². The molecule has 29 heavy (non-hydrogen) atoms. The molecule has 0 unspecified atom stereocenters. The molecule has 0 spiro atoms. The second-order valence-electron chi connectivity index (χ2n) is 7.59. The first-order valence-electron chi connectivity index (χ1n) is 9.96. The van der Waals surface area contributed by atoms with Gasteiger partial charge >= 0.3 is 0 Å². The number of anilines is 1. The zero-order chi connectivity index (χ0) is 20.4. The normalized spacial score (nSPS) is 16.2. The van der Waals surface area contributed by atoms with Crippen LogP contribution in [0.1, 0.15) is 18.0 Å². The smallest absolute Gasteiger partial charge is 0.278 e. The van der Waals surface area contributed by atoms with Gasteiger partial charge in [-0.15, -0.1) is 11.3 Å². The first kappa shape index (κ1) is 19.8. The van der Waals surface area contributed by atoms with Crippen LogP contribution < -0.4 is 9.80 Å². The highest BCUT2D eigenvalue weighted by atomic mass is 32.1. The van der Waals surface area contributed by atoms with Crippen molar-refractivity contribution in [2.24, 2.45) is 0 Å². The van der Waals surface area contributed by atoms with Gasteiger partial charge in [0.15, 0.2) is 6.54 Å². The van der Waals surface area contributed by atoms with Crippen molar-refractivity contribution in [3.05, 3.63) is 59.4 Å². The molecule has 1 saturated heterocycles. The Bertz CT molecular complexity index is 949. The van der Waals surface area contributed by atoms with Crippen LogP contribution in [0.4, 0.5) is 10.1 Å². The number of halogens is 1. The van der Waals surface area contributed by atoms with Gasteiger partial charge in [-0.3, -0.25) is 4.79 Å². The van der Waals surface area contributed by atoms with E-state index in [0.29, 0.717) is 6.54 Å². The lowest BCUT2D eigenvalue weighted by Crippen LogP contribution is -3.15. The zero-order valence-corrected chi connectivity index (χ0v) is 17.6. The van der Waals surface area contributed by atoms with E-state index in [1.54, 1.807) is 11.3 Å². The Morgan fingerprint density at radius 2 is 1.90 bits per heavy atom. The van der Waals surface area contributed by atoms with Gasteiger partial charge in [0.25, 0.3) is 5.91 Å². The number of carbonyl (C=O) groups excluding carboxylic acids is 1. The molecule has 5 nitrogen and oxygen atoms in total. The highest BCUT2D eigenvalue weighted by Gasteiger charge is 2.27. The van der Waals surface area contributed by atoms with Gasteiger partial charge in [-0.05, 0) is 43.3 Å². The molecule has 1 aliphatic rings. The lowest BCUT2D eigenvalue weighted by atomic mass is 10.2. The maximum Gasteiger partial charge on any atom is 0.278 e. The predicted molar refractivity (Wildman–Crippen MR) is 115 cm³/mol. The summed E-state index contributed by atoms with van der Waals surface area (Å²) in [5.41, 5.74) is 2.03. The van der Waals surface area contributed by atoms with E-state index in [9.17, 15) is 9.18 Å². The summed E-state index contributed by atoms with van der Waals surface area (Å²) in [7, 11) is 1.87. The zero-order valence-electron chi connectivity index (χ0n) is 16.8. The average Bonchev–Trinajstić information content (AvgIpc) is 3.18. The fourth-order valence-corrected chi connectivity index (χ4v) is 4.76. The van der Waals surface area contributed by atoms with Gasteiger partial charge in [0.2, 0.25) is 0 Å². The van der Waals surface area contributed by atoms with Gasteiger partial charge in [-0.25, -0.2) is 9.37 Å². The molecule has 3 aromatic rings. The summed E-state index contributed by atoms with van der Waals surface area (Å²) in [5.74, 6) is -0.0733. The first-order chi connectivity index (χ1) is 14.0. The van der Waals surface area contributed by atoms with Gasteiger partial charge in [-0.2, -0.15) is 0 Å². The van der Waals surface area contributed by atoms with Crippen molar-refractivity contribution in [3.63, 3.8) is 0 Å². The van der Waals surface area contributed by atoms with E-state index in [4.69, 9.17) is 4.98 Å². The third-order valence-electron chi connectivity index (χ3n) is 5.71. The molecule has 0 saturated carbocycles. The van der Waals surface area contributed by atoms with Crippen molar-refractivity contribution in [2.45, 2.75) is 13.0 Å². The highest BCUT2D eigenvalue weighted by molar-refractivity contribution is 7.18. The number of amides is 1. The number of rotatable bonds is 5. The second-order valence-corrected chi connectivity index (χ2v) is 8.65. The topological polar surface area (TPSA) is 40.9 Å². The number of carbonyl (C=O) groups is 1. The van der Waals surface area contributed by atoms with E-state index < -0.39 is 0 Å². The molecule has 1 aromatic heterocycles. The van der Waals surface area contributed by atoms with E-state index in [0.717, 1.165) is 47.1 Å². The molecule has 1 N–H and O–H groups in total. The Hall–Kier alpha value is -2.51. The predicted octanol–water partition coefficient (Wildman–Crippen LogP) is 2.36. The van der Waals surface area contributed by atoms with E-state index in [-0.39, 0.29) is 17.8 Å². The quantitative estimate of drug-likeness (QED) is 0.698. The van der Waals surface area contributed by atoms with Crippen molar-refractivity contribution in [3.8, 4) is 0 Å². The highest BCUT2D eigenvalue weighted by Crippen LogP contribution is 2.28. The van der Waals surface area contributed by atoms with Gasteiger partial charge < -0.3 is 14.7 Å². The molecular weight excluding hydrogens is 387 g/mol. The van der Waals surface area contributed by atoms with Gasteiger partial charge in [0.1, 0.15) is 10.8 Å². The number of quaternary nitrogens is 1. The van der Waals surface area contributed by atoms with Crippen LogP contribution in [0.2, 0.25) is 0 Å². The molecule has 2 heterocycles. The van der Waals surface area contributed by atoms with Crippen LogP contribution in [0.5, 0.6) is 0 Å². The number of aromatic nitrogens is 1. The molecular formula is C22H26FN4OS+. The average molecular weight is 414 g/mol. The fraction of sp³-hybridized carbons (Fsp3) is 0.364. The SMILES string of the molecule is C[C@@H](c1nc2ccccc2s1)N(C)C(=O)C[NH+]1CCN(c2ccc(F)cc2)CC1. The summed E-state index contributed by atoms with van der Waals surface area (Å²) in [4.78, 5) is 22.9. The molecule has 152 valence electrons. The molecule has 0 aliphatic carbocycles. The van der Waals surface area contributed by atoms with Crippen LogP contribution in [-0.2, 0) is 4.79 Å². The van der Waals surface area contributed by atoms with Crippen molar-refractivity contribution < 1.29 is 14.1 Å². The standard InChI is InChI=1S/C22H25FN4OS/c1-16(22-24-19-5-3-4-6-20(19)29-22)25(2)21(28)15-26-11-13-27(14-12-26)18-9-7-17(23)8-10-18/h3-10,16H,11-15H2,1-2H3/p+1/t16-/m0/s1. The van der Waals surface area contributed by atoms with Crippen molar-refractivity contribution in [2.75, 3.05) is 44.7 Å². The maximum atomic E-state index is 13.1. The minimum absolute atomic E-state index is 0.0418. The summed E-state index contributed by atoms with van der Waals surface area (Å²) >= 11 is 1.65. The van der Waals surface area contributed by atoms with Crippen LogP contribution in [0.25, 0.3) is 10.2 Å².